The molecule has 2 heterocycles. The van der Waals surface area contributed by atoms with Crippen molar-refractivity contribution >= 4 is 33.4 Å². The lowest BCUT2D eigenvalue weighted by Crippen LogP contribution is -2.50. The molecular formula is C28H29N5O5S. The van der Waals surface area contributed by atoms with E-state index in [1.165, 1.54) is 11.0 Å². The smallest absolute Gasteiger partial charge is 0.245 e. The Kier molecular flexibility index (Phi) is 7.36. The van der Waals surface area contributed by atoms with Crippen LogP contribution >= 0.6 is 0 Å². The fraction of sp³-hybridized carbons (Fsp3) is 0.250. The number of fused-ring (bicyclic) bond motifs is 2. The Morgan fingerprint density at radius 2 is 1.82 bits per heavy atom. The molecule has 0 spiro atoms. The molecule has 2 aliphatic rings. The Hall–Kier alpha value is -4.22. The van der Waals surface area contributed by atoms with Gasteiger partial charge in [0.05, 0.1) is 11.5 Å². The maximum atomic E-state index is 13.7. The average molecular weight is 548 g/mol. The van der Waals surface area contributed by atoms with Crippen molar-refractivity contribution in [3.63, 3.8) is 0 Å². The van der Waals surface area contributed by atoms with Gasteiger partial charge in [0.15, 0.2) is 0 Å². The number of nitrogens with zero attached hydrogens (tertiary/aromatic N) is 1. The highest BCUT2D eigenvalue weighted by Crippen LogP contribution is 2.30. The molecule has 0 radical (unpaired) electrons. The molecule has 0 saturated carbocycles. The first kappa shape index (κ1) is 26.4. The number of nitrogen functional groups attached to an aromatic ring is 1. The van der Waals surface area contributed by atoms with Gasteiger partial charge in [-0.1, -0.05) is 42.5 Å². The number of sulfonamides is 1. The van der Waals surface area contributed by atoms with Gasteiger partial charge < -0.3 is 20.7 Å². The monoisotopic (exact) mass is 547 g/mol. The van der Waals surface area contributed by atoms with Crippen LogP contribution in [-0.2, 0) is 39.0 Å². The van der Waals surface area contributed by atoms with Crippen molar-refractivity contribution in [3.8, 4) is 5.75 Å². The number of ether oxygens (including phenoxy) is 1. The van der Waals surface area contributed by atoms with Gasteiger partial charge in [-0.15, -0.1) is 0 Å². The summed E-state index contributed by atoms with van der Waals surface area (Å²) in [5.41, 5.74) is 9.13. The first-order valence-corrected chi connectivity index (χ1v) is 14.1. The van der Waals surface area contributed by atoms with Gasteiger partial charge in [0.1, 0.15) is 24.2 Å². The van der Waals surface area contributed by atoms with E-state index < -0.39 is 27.9 Å². The van der Waals surface area contributed by atoms with E-state index in [0.717, 1.165) is 16.7 Å². The van der Waals surface area contributed by atoms with Crippen LogP contribution < -0.4 is 25.4 Å². The number of amides is 2. The second kappa shape index (κ2) is 10.9. The van der Waals surface area contributed by atoms with Gasteiger partial charge in [0.2, 0.25) is 21.8 Å². The van der Waals surface area contributed by atoms with E-state index in [0.29, 0.717) is 36.4 Å². The van der Waals surface area contributed by atoms with Crippen LogP contribution in [0.2, 0.25) is 0 Å². The zero-order valence-electron chi connectivity index (χ0n) is 21.1. The van der Waals surface area contributed by atoms with Crippen molar-refractivity contribution in [1.29, 1.82) is 5.41 Å². The Balaban J connectivity index is 1.32. The molecule has 5 N–H and O–H groups in total. The molecule has 0 unspecified atom stereocenters. The molecule has 0 bridgehead atoms. The van der Waals surface area contributed by atoms with Gasteiger partial charge in [-0.25, -0.2) is 8.42 Å². The predicted octanol–water partition coefficient (Wildman–Crippen LogP) is 1.85. The fourth-order valence-electron chi connectivity index (χ4n) is 4.78. The summed E-state index contributed by atoms with van der Waals surface area (Å²) in [6.07, 6.45) is 1.34. The van der Waals surface area contributed by atoms with Gasteiger partial charge in [-0.3, -0.25) is 15.0 Å². The number of anilines is 1. The van der Waals surface area contributed by atoms with Crippen molar-refractivity contribution in [2.24, 2.45) is 5.73 Å². The zero-order chi connectivity index (χ0) is 27.6. The number of nitrogens with one attached hydrogen (secondary N) is 3. The first-order chi connectivity index (χ1) is 18.7. The molecule has 39 heavy (non-hydrogen) atoms. The SMILES string of the molecule is N=C(N)c1ccc(CNC(=O)CN2C(=O)[C@@H](NS(=O)(=O)c3ccc4c(c3)CCO4)CCc3ccccc32)cc1. The van der Waals surface area contributed by atoms with Crippen LogP contribution in [0.5, 0.6) is 5.75 Å². The molecule has 5 rings (SSSR count). The molecule has 1 atom stereocenters. The van der Waals surface area contributed by atoms with Crippen molar-refractivity contribution in [3.05, 3.63) is 89.0 Å². The average Bonchev–Trinajstić information content (AvgIpc) is 3.37. The van der Waals surface area contributed by atoms with Crippen molar-refractivity contribution < 1.29 is 22.7 Å². The van der Waals surface area contributed by atoms with Gasteiger partial charge >= 0.3 is 0 Å². The number of hydrogen-bond donors (Lipinski definition) is 4. The quantitative estimate of drug-likeness (QED) is 0.249. The summed E-state index contributed by atoms with van der Waals surface area (Å²) >= 11 is 0. The maximum absolute atomic E-state index is 13.7. The highest BCUT2D eigenvalue weighted by molar-refractivity contribution is 7.89. The number of carbonyl (C=O) groups excluding carboxylic acids is 2. The molecule has 11 heteroatoms. The van der Waals surface area contributed by atoms with Gasteiger partial charge in [0.25, 0.3) is 0 Å². The fourth-order valence-corrected chi connectivity index (χ4v) is 6.05. The highest BCUT2D eigenvalue weighted by atomic mass is 32.2. The normalized spacial score (nSPS) is 16.6. The summed E-state index contributed by atoms with van der Waals surface area (Å²) < 4.78 is 34.6. The first-order valence-electron chi connectivity index (χ1n) is 12.6. The lowest BCUT2D eigenvalue weighted by atomic mass is 10.1. The molecule has 0 aromatic heterocycles. The lowest BCUT2D eigenvalue weighted by Gasteiger charge is -2.26. The number of rotatable bonds is 8. The minimum atomic E-state index is -4.00. The minimum absolute atomic E-state index is 0.0423. The number of nitrogens with two attached hydrogens (primary N) is 1. The van der Waals surface area contributed by atoms with E-state index >= 15 is 0 Å². The van der Waals surface area contributed by atoms with E-state index in [-0.39, 0.29) is 30.2 Å². The number of amidine groups is 1. The van der Waals surface area contributed by atoms with Crippen LogP contribution in [0, 0.1) is 5.41 Å². The largest absolute Gasteiger partial charge is 0.493 e. The van der Waals surface area contributed by atoms with E-state index in [4.69, 9.17) is 15.9 Å². The van der Waals surface area contributed by atoms with E-state index in [9.17, 15) is 18.0 Å². The third kappa shape index (κ3) is 5.79. The topological polar surface area (TPSA) is 155 Å². The van der Waals surface area contributed by atoms with Crippen LogP contribution in [0.15, 0.2) is 71.6 Å². The Morgan fingerprint density at radius 3 is 2.59 bits per heavy atom. The summed E-state index contributed by atoms with van der Waals surface area (Å²) in [6, 6.07) is 17.8. The molecule has 2 aliphatic heterocycles. The number of aryl methyl sites for hydroxylation is 1. The van der Waals surface area contributed by atoms with Crippen LogP contribution in [0.3, 0.4) is 0 Å². The third-order valence-electron chi connectivity index (χ3n) is 6.87. The van der Waals surface area contributed by atoms with Crippen LogP contribution in [0.1, 0.15) is 28.7 Å². The molecule has 0 saturated heterocycles. The lowest BCUT2D eigenvalue weighted by molar-refractivity contribution is -0.124. The highest BCUT2D eigenvalue weighted by Gasteiger charge is 2.34. The summed E-state index contributed by atoms with van der Waals surface area (Å²) in [6.45, 7) is 0.459. The van der Waals surface area contributed by atoms with Crippen molar-refractivity contribution in [2.45, 2.75) is 36.7 Å². The van der Waals surface area contributed by atoms with Gasteiger partial charge in [0, 0.05) is 24.2 Å². The molecule has 3 aromatic rings. The molecule has 202 valence electrons. The van der Waals surface area contributed by atoms with Crippen LogP contribution in [-0.4, -0.2) is 45.3 Å². The maximum Gasteiger partial charge on any atom is 0.245 e. The summed E-state index contributed by atoms with van der Waals surface area (Å²) in [4.78, 5) is 28.0. The molecular weight excluding hydrogens is 518 g/mol. The standard InChI is InChI=1S/C28H29N5O5S/c29-27(30)20-7-5-18(6-8-20)16-31-26(34)17-33-24-4-2-1-3-19(24)9-11-23(28(33)35)32-39(36,37)22-10-12-25-21(15-22)13-14-38-25/h1-8,10,12,15,23,32H,9,11,13-14,16-17H2,(H3,29,30)(H,31,34)/t23-/m0/s1. The van der Waals surface area contributed by atoms with Crippen LogP contribution in [0.4, 0.5) is 5.69 Å². The third-order valence-corrected chi connectivity index (χ3v) is 8.34. The van der Waals surface area contributed by atoms with Crippen LogP contribution in [0.25, 0.3) is 0 Å². The number of carbonyl (C=O) groups is 2. The molecule has 3 aromatic carbocycles. The molecule has 2 amide bonds. The molecule has 0 aliphatic carbocycles. The number of hydrogen-bond acceptors (Lipinski definition) is 6. The van der Waals surface area contributed by atoms with E-state index in [2.05, 4.69) is 10.0 Å². The Bertz CT molecular complexity index is 1540. The van der Waals surface area contributed by atoms with E-state index in [1.807, 2.05) is 12.1 Å². The Labute approximate surface area is 226 Å². The zero-order valence-corrected chi connectivity index (χ0v) is 22.0. The summed E-state index contributed by atoms with van der Waals surface area (Å²) in [5.74, 6) is -0.258. The predicted molar refractivity (Wildman–Crippen MR) is 146 cm³/mol. The van der Waals surface area contributed by atoms with Gasteiger partial charge in [-0.05, 0) is 53.8 Å². The van der Waals surface area contributed by atoms with Crippen molar-refractivity contribution in [2.75, 3.05) is 18.1 Å². The minimum Gasteiger partial charge on any atom is -0.493 e. The molecule has 10 nitrogen and oxygen atoms in total. The summed E-state index contributed by atoms with van der Waals surface area (Å²) in [7, 11) is -4.00. The van der Waals surface area contributed by atoms with Crippen molar-refractivity contribution in [1.82, 2.24) is 10.0 Å². The second-order valence-corrected chi connectivity index (χ2v) is 11.2. The summed E-state index contributed by atoms with van der Waals surface area (Å²) in [5, 5.41) is 10.3. The second-order valence-electron chi connectivity index (χ2n) is 9.52. The van der Waals surface area contributed by atoms with E-state index in [1.54, 1.807) is 48.5 Å². The molecule has 0 fully saturated rings. The Morgan fingerprint density at radius 1 is 1.05 bits per heavy atom. The number of para-hydroxylation sites is 1. The number of benzene rings is 3. The van der Waals surface area contributed by atoms with Gasteiger partial charge in [-0.2, -0.15) is 4.72 Å².